The molecule has 108 valence electrons. The second-order valence-electron chi connectivity index (χ2n) is 5.81. The van der Waals surface area contributed by atoms with Crippen LogP contribution in [0.3, 0.4) is 0 Å². The summed E-state index contributed by atoms with van der Waals surface area (Å²) in [5.74, 6) is -0.501. The molecule has 1 rings (SSSR count). The molecule has 0 aromatic heterocycles. The van der Waals surface area contributed by atoms with Gasteiger partial charge in [-0.05, 0) is 45.4 Å². The summed E-state index contributed by atoms with van der Waals surface area (Å²) in [4.78, 5) is 12.1. The zero-order valence-corrected chi connectivity index (χ0v) is 12.6. The zero-order valence-electron chi connectivity index (χ0n) is 11.8. The van der Waals surface area contributed by atoms with Crippen LogP contribution in [0.1, 0.15) is 33.3 Å². The molecule has 0 aliphatic heterocycles. The molecule has 0 bridgehead atoms. The highest BCUT2D eigenvalue weighted by molar-refractivity contribution is 5.87. The van der Waals surface area contributed by atoms with Crippen molar-refractivity contribution in [1.29, 1.82) is 0 Å². The fourth-order valence-corrected chi connectivity index (χ4v) is 1.54. The third-order valence-electron chi connectivity index (χ3n) is 2.82. The quantitative estimate of drug-likeness (QED) is 0.894. The average molecular weight is 289 g/mol. The third kappa shape index (κ3) is 5.17. The molecule has 5 heteroatoms. The Bertz CT molecular complexity index is 441. The number of halogens is 2. The molecule has 0 fully saturated rings. The van der Waals surface area contributed by atoms with E-state index in [0.29, 0.717) is 12.1 Å². The first kappa shape index (κ1) is 17.9. The SMILES string of the molecule is CC(C)(N)CNC(=O)C(C)(C)c1cccc(F)c1.Cl. The van der Waals surface area contributed by atoms with E-state index in [0.717, 1.165) is 0 Å². The van der Waals surface area contributed by atoms with Gasteiger partial charge in [-0.3, -0.25) is 4.79 Å². The van der Waals surface area contributed by atoms with Crippen molar-refractivity contribution in [1.82, 2.24) is 5.32 Å². The van der Waals surface area contributed by atoms with Gasteiger partial charge in [-0.25, -0.2) is 4.39 Å². The smallest absolute Gasteiger partial charge is 0.230 e. The maximum absolute atomic E-state index is 13.2. The molecule has 1 amide bonds. The second kappa shape index (κ2) is 6.35. The standard InChI is InChI=1S/C14H21FN2O.ClH/c1-13(2,16)9-17-12(18)14(3,4)10-6-5-7-11(15)8-10;/h5-8H,9,16H2,1-4H3,(H,17,18);1H. The van der Waals surface area contributed by atoms with Gasteiger partial charge in [-0.1, -0.05) is 12.1 Å². The van der Waals surface area contributed by atoms with Crippen molar-refractivity contribution < 1.29 is 9.18 Å². The molecule has 0 spiro atoms. The van der Waals surface area contributed by atoms with Gasteiger partial charge >= 0.3 is 0 Å². The molecule has 3 nitrogen and oxygen atoms in total. The van der Waals surface area contributed by atoms with E-state index in [1.807, 2.05) is 13.8 Å². The number of carbonyl (C=O) groups is 1. The molecule has 3 N–H and O–H groups in total. The van der Waals surface area contributed by atoms with Crippen molar-refractivity contribution in [3.05, 3.63) is 35.6 Å². The van der Waals surface area contributed by atoms with Crippen LogP contribution < -0.4 is 11.1 Å². The summed E-state index contributed by atoms with van der Waals surface area (Å²) in [5.41, 5.74) is 5.21. The maximum Gasteiger partial charge on any atom is 0.230 e. The predicted octanol–water partition coefficient (Wildman–Crippen LogP) is 2.38. The molecule has 0 aliphatic carbocycles. The van der Waals surface area contributed by atoms with E-state index in [1.54, 1.807) is 26.0 Å². The number of carbonyl (C=O) groups excluding carboxylic acids is 1. The topological polar surface area (TPSA) is 55.1 Å². The van der Waals surface area contributed by atoms with Crippen molar-refractivity contribution in [2.75, 3.05) is 6.54 Å². The van der Waals surface area contributed by atoms with Gasteiger partial charge in [-0.2, -0.15) is 0 Å². The number of hydrogen-bond acceptors (Lipinski definition) is 2. The van der Waals surface area contributed by atoms with Crippen LogP contribution in [0.2, 0.25) is 0 Å². The first-order valence-corrected chi connectivity index (χ1v) is 5.96. The van der Waals surface area contributed by atoms with Gasteiger partial charge in [0.1, 0.15) is 5.82 Å². The molecule has 0 radical (unpaired) electrons. The molecule has 0 saturated heterocycles. The highest BCUT2D eigenvalue weighted by atomic mass is 35.5. The normalized spacial score (nSPS) is 11.7. The fraction of sp³-hybridized carbons (Fsp3) is 0.500. The molecule has 0 atom stereocenters. The molecule has 0 saturated carbocycles. The van der Waals surface area contributed by atoms with Gasteiger partial charge in [-0.15, -0.1) is 12.4 Å². The van der Waals surface area contributed by atoms with Gasteiger partial charge in [0, 0.05) is 12.1 Å². The maximum atomic E-state index is 13.2. The highest BCUT2D eigenvalue weighted by Crippen LogP contribution is 2.24. The Morgan fingerprint density at radius 2 is 1.89 bits per heavy atom. The first-order chi connectivity index (χ1) is 8.13. The van der Waals surface area contributed by atoms with E-state index >= 15 is 0 Å². The lowest BCUT2D eigenvalue weighted by molar-refractivity contribution is -0.125. The summed E-state index contributed by atoms with van der Waals surface area (Å²) in [5, 5.41) is 2.79. The summed E-state index contributed by atoms with van der Waals surface area (Å²) >= 11 is 0. The lowest BCUT2D eigenvalue weighted by Gasteiger charge is -2.27. The molecule has 1 aromatic rings. The van der Waals surface area contributed by atoms with E-state index in [1.165, 1.54) is 12.1 Å². The Morgan fingerprint density at radius 1 is 1.32 bits per heavy atom. The molecular formula is C14H22ClFN2O. The Labute approximate surface area is 120 Å². The van der Waals surface area contributed by atoms with Crippen molar-refractivity contribution in [2.24, 2.45) is 5.73 Å². The number of amides is 1. The highest BCUT2D eigenvalue weighted by Gasteiger charge is 2.30. The van der Waals surface area contributed by atoms with E-state index in [2.05, 4.69) is 5.32 Å². The van der Waals surface area contributed by atoms with Crippen molar-refractivity contribution in [3.8, 4) is 0 Å². The first-order valence-electron chi connectivity index (χ1n) is 5.96. The van der Waals surface area contributed by atoms with Gasteiger partial charge in [0.05, 0.1) is 5.41 Å². The molecule has 0 unspecified atom stereocenters. The van der Waals surface area contributed by atoms with E-state index in [9.17, 15) is 9.18 Å². The van der Waals surface area contributed by atoms with Crippen LogP contribution >= 0.6 is 12.4 Å². The van der Waals surface area contributed by atoms with Crippen LogP contribution in [0.4, 0.5) is 4.39 Å². The molecular weight excluding hydrogens is 267 g/mol. The van der Waals surface area contributed by atoms with Crippen LogP contribution in [0, 0.1) is 5.82 Å². The summed E-state index contributed by atoms with van der Waals surface area (Å²) < 4.78 is 13.2. The molecule has 0 heterocycles. The summed E-state index contributed by atoms with van der Waals surface area (Å²) in [6.45, 7) is 7.58. The minimum atomic E-state index is -0.784. The van der Waals surface area contributed by atoms with Crippen molar-refractivity contribution >= 4 is 18.3 Å². The van der Waals surface area contributed by atoms with Crippen LogP contribution in [0.25, 0.3) is 0 Å². The Hall–Kier alpha value is -1.13. The van der Waals surface area contributed by atoms with Crippen LogP contribution in [-0.4, -0.2) is 18.0 Å². The second-order valence-corrected chi connectivity index (χ2v) is 5.81. The lowest BCUT2D eigenvalue weighted by atomic mass is 9.83. The Morgan fingerprint density at radius 3 is 2.37 bits per heavy atom. The predicted molar refractivity (Wildman–Crippen MR) is 78.0 cm³/mol. The van der Waals surface area contributed by atoms with E-state index in [-0.39, 0.29) is 24.1 Å². The van der Waals surface area contributed by atoms with Gasteiger partial charge in [0.15, 0.2) is 0 Å². The molecule has 1 aromatic carbocycles. The van der Waals surface area contributed by atoms with Crippen LogP contribution in [0.15, 0.2) is 24.3 Å². The van der Waals surface area contributed by atoms with E-state index < -0.39 is 11.0 Å². The summed E-state index contributed by atoms with van der Waals surface area (Å²) in [6, 6.07) is 6.09. The lowest BCUT2D eigenvalue weighted by Crippen LogP contribution is -2.49. The summed E-state index contributed by atoms with van der Waals surface area (Å²) in [6.07, 6.45) is 0. The van der Waals surface area contributed by atoms with Crippen LogP contribution in [-0.2, 0) is 10.2 Å². The number of rotatable bonds is 4. The van der Waals surface area contributed by atoms with Gasteiger partial charge < -0.3 is 11.1 Å². The third-order valence-corrected chi connectivity index (χ3v) is 2.82. The monoisotopic (exact) mass is 288 g/mol. The molecule has 0 aliphatic rings. The van der Waals surface area contributed by atoms with Crippen molar-refractivity contribution in [2.45, 2.75) is 38.6 Å². The minimum Gasteiger partial charge on any atom is -0.354 e. The Balaban J connectivity index is 0.00000324. The van der Waals surface area contributed by atoms with Gasteiger partial charge in [0.25, 0.3) is 0 Å². The largest absolute Gasteiger partial charge is 0.354 e. The number of benzene rings is 1. The zero-order chi connectivity index (χ0) is 14.0. The fourth-order valence-electron chi connectivity index (χ4n) is 1.54. The molecule has 19 heavy (non-hydrogen) atoms. The number of nitrogens with two attached hydrogens (primary N) is 1. The van der Waals surface area contributed by atoms with E-state index in [4.69, 9.17) is 5.73 Å². The van der Waals surface area contributed by atoms with Crippen LogP contribution in [0.5, 0.6) is 0 Å². The number of nitrogens with one attached hydrogen (secondary N) is 1. The minimum absolute atomic E-state index is 0. The summed E-state index contributed by atoms with van der Waals surface area (Å²) in [7, 11) is 0. The Kier molecular flexibility index (Phi) is 5.97. The number of hydrogen-bond donors (Lipinski definition) is 2. The van der Waals surface area contributed by atoms with Crippen molar-refractivity contribution in [3.63, 3.8) is 0 Å². The average Bonchev–Trinajstić information content (AvgIpc) is 2.24. The van der Waals surface area contributed by atoms with Gasteiger partial charge in [0.2, 0.25) is 5.91 Å².